The quantitative estimate of drug-likeness (QED) is 0.300. The van der Waals surface area contributed by atoms with Crippen LogP contribution in [0.3, 0.4) is 0 Å². The molecule has 4 aromatic rings. The van der Waals surface area contributed by atoms with Crippen molar-refractivity contribution in [3.8, 4) is 22.8 Å². The van der Waals surface area contributed by atoms with Crippen molar-refractivity contribution in [1.82, 2.24) is 14.8 Å². The first kappa shape index (κ1) is 24.1. The summed E-state index contributed by atoms with van der Waals surface area (Å²) in [5, 5.41) is 3.53. The Labute approximate surface area is 214 Å². The number of urea groups is 1. The number of amides is 3. The lowest BCUT2D eigenvalue weighted by Gasteiger charge is -2.23. The molecule has 2 heterocycles. The van der Waals surface area contributed by atoms with Crippen LogP contribution in [0.15, 0.2) is 72.8 Å². The molecule has 0 bridgehead atoms. The van der Waals surface area contributed by atoms with Crippen LogP contribution in [0.5, 0.6) is 11.5 Å². The Balaban J connectivity index is 1.52. The van der Waals surface area contributed by atoms with Crippen LogP contribution >= 0.6 is 0 Å². The summed E-state index contributed by atoms with van der Waals surface area (Å²) in [7, 11) is 4.92. The van der Waals surface area contributed by atoms with Gasteiger partial charge in [-0.15, -0.1) is 0 Å². The molecule has 1 atom stereocenters. The van der Waals surface area contributed by atoms with Crippen LogP contribution in [0.25, 0.3) is 22.2 Å². The molecule has 0 unspecified atom stereocenters. The van der Waals surface area contributed by atoms with Gasteiger partial charge in [0.05, 0.1) is 32.0 Å². The second-order valence-electron chi connectivity index (χ2n) is 9.11. The summed E-state index contributed by atoms with van der Waals surface area (Å²) in [6.07, 6.45) is 0. The summed E-state index contributed by atoms with van der Waals surface area (Å²) in [4.78, 5) is 41.4. The molecule has 0 saturated carbocycles. The summed E-state index contributed by atoms with van der Waals surface area (Å²) in [5.41, 5.74) is 2.13. The molecule has 0 aliphatic carbocycles. The van der Waals surface area contributed by atoms with Gasteiger partial charge in [0.25, 0.3) is 5.91 Å². The Morgan fingerprint density at radius 1 is 0.919 bits per heavy atom. The summed E-state index contributed by atoms with van der Waals surface area (Å²) < 4.78 is 12.6. The highest BCUT2D eigenvalue weighted by molar-refractivity contribution is 6.17. The fourth-order valence-electron chi connectivity index (χ4n) is 5.02. The van der Waals surface area contributed by atoms with Gasteiger partial charge in [-0.25, -0.2) is 4.79 Å². The maximum atomic E-state index is 13.8. The highest BCUT2D eigenvalue weighted by Crippen LogP contribution is 2.37. The number of hydrogen-bond donors (Lipinski definition) is 1. The van der Waals surface area contributed by atoms with Crippen molar-refractivity contribution in [1.29, 1.82) is 0 Å². The number of rotatable bonds is 7. The molecular weight excluding hydrogens is 470 g/mol. The van der Waals surface area contributed by atoms with E-state index in [1.807, 2.05) is 66.2 Å². The van der Waals surface area contributed by atoms with E-state index in [1.165, 1.54) is 14.2 Å². The zero-order valence-electron chi connectivity index (χ0n) is 21.1. The van der Waals surface area contributed by atoms with E-state index in [1.54, 1.807) is 25.1 Å². The van der Waals surface area contributed by atoms with Crippen LogP contribution < -0.4 is 14.8 Å². The van der Waals surface area contributed by atoms with Crippen molar-refractivity contribution in [2.24, 2.45) is 7.05 Å². The fourth-order valence-corrected chi connectivity index (χ4v) is 5.02. The Morgan fingerprint density at radius 2 is 1.59 bits per heavy atom. The third-order valence-electron chi connectivity index (χ3n) is 6.97. The molecule has 37 heavy (non-hydrogen) atoms. The Hall–Kier alpha value is -4.59. The summed E-state index contributed by atoms with van der Waals surface area (Å²) in [6.45, 7) is 1.23. The second-order valence-corrected chi connectivity index (χ2v) is 9.11. The van der Waals surface area contributed by atoms with Crippen molar-refractivity contribution in [2.45, 2.75) is 12.5 Å². The van der Waals surface area contributed by atoms with Gasteiger partial charge in [0.15, 0.2) is 17.3 Å². The minimum atomic E-state index is -1.36. The number of carbonyl (C=O) groups is 3. The third-order valence-corrected chi connectivity index (χ3v) is 6.97. The average Bonchev–Trinajstić information content (AvgIpc) is 3.34. The lowest BCUT2D eigenvalue weighted by molar-refractivity contribution is -0.130. The van der Waals surface area contributed by atoms with Gasteiger partial charge in [0.2, 0.25) is 0 Å². The molecular formula is C29H27N3O5. The number of hydrogen-bond acceptors (Lipinski definition) is 5. The Morgan fingerprint density at radius 3 is 2.30 bits per heavy atom. The van der Waals surface area contributed by atoms with Crippen molar-refractivity contribution in [2.75, 3.05) is 20.8 Å². The van der Waals surface area contributed by atoms with Crippen LogP contribution in [0.2, 0.25) is 0 Å². The normalized spacial score (nSPS) is 17.2. The third kappa shape index (κ3) is 3.81. The minimum Gasteiger partial charge on any atom is -0.493 e. The molecule has 188 valence electrons. The molecule has 0 radical (unpaired) electrons. The zero-order valence-corrected chi connectivity index (χ0v) is 21.1. The lowest BCUT2D eigenvalue weighted by atomic mass is 9.91. The lowest BCUT2D eigenvalue weighted by Crippen LogP contribution is -2.41. The van der Waals surface area contributed by atoms with E-state index in [-0.39, 0.29) is 12.3 Å². The predicted molar refractivity (Wildman–Crippen MR) is 140 cm³/mol. The number of imide groups is 1. The van der Waals surface area contributed by atoms with Gasteiger partial charge in [-0.05, 0) is 36.2 Å². The molecule has 3 amide bonds. The molecule has 0 spiro atoms. The molecule has 8 nitrogen and oxygen atoms in total. The summed E-state index contributed by atoms with van der Waals surface area (Å²) in [6, 6.07) is 21.6. The predicted octanol–water partition coefficient (Wildman–Crippen LogP) is 4.51. The van der Waals surface area contributed by atoms with Crippen LogP contribution in [0, 0.1) is 0 Å². The highest BCUT2D eigenvalue weighted by atomic mass is 16.5. The number of ether oxygens (including phenoxy) is 2. The van der Waals surface area contributed by atoms with E-state index in [4.69, 9.17) is 9.47 Å². The van der Waals surface area contributed by atoms with Gasteiger partial charge in [-0.1, -0.05) is 54.6 Å². The van der Waals surface area contributed by atoms with Gasteiger partial charge in [0, 0.05) is 18.0 Å². The van der Waals surface area contributed by atoms with Crippen molar-refractivity contribution < 1.29 is 23.9 Å². The van der Waals surface area contributed by atoms with E-state index in [0.29, 0.717) is 22.6 Å². The van der Waals surface area contributed by atoms with E-state index in [0.717, 1.165) is 27.1 Å². The Kier molecular flexibility index (Phi) is 5.95. The number of ketones is 1. The van der Waals surface area contributed by atoms with Crippen molar-refractivity contribution >= 4 is 28.6 Å². The molecule has 1 fully saturated rings. The number of aryl methyl sites for hydroxylation is 1. The van der Waals surface area contributed by atoms with Crippen molar-refractivity contribution in [3.05, 3.63) is 83.9 Å². The van der Waals surface area contributed by atoms with Gasteiger partial charge in [-0.2, -0.15) is 0 Å². The first-order valence-corrected chi connectivity index (χ1v) is 11.8. The van der Waals surface area contributed by atoms with Gasteiger partial charge < -0.3 is 19.4 Å². The number of benzene rings is 3. The molecule has 8 heteroatoms. The molecule has 3 aromatic carbocycles. The SMILES string of the molecule is COc1ccc([C@@]2(C)NC(=O)N(CC(=O)c3c(-c4ccccc4)n(C)c4ccccc34)C2=O)cc1OC. The molecule has 1 aliphatic heterocycles. The largest absolute Gasteiger partial charge is 0.493 e. The standard InChI is InChI=1S/C29H27N3O5/c1-29(19-14-15-23(36-3)24(16-19)37-4)27(34)32(28(35)30-29)17-22(33)25-20-12-8-9-13-21(20)31(2)26(25)18-10-6-5-7-11-18/h5-16H,17H2,1-4H3,(H,30,35)/t29-/m1/s1. The van der Waals surface area contributed by atoms with Crippen LogP contribution in [-0.4, -0.2) is 48.0 Å². The molecule has 1 N–H and O–H groups in total. The molecule has 1 aromatic heterocycles. The van der Waals surface area contributed by atoms with E-state index < -0.39 is 17.5 Å². The van der Waals surface area contributed by atoms with E-state index >= 15 is 0 Å². The number of methoxy groups -OCH3 is 2. The zero-order chi connectivity index (χ0) is 26.3. The van der Waals surface area contributed by atoms with E-state index in [2.05, 4.69) is 5.32 Å². The second kappa shape index (κ2) is 9.13. The summed E-state index contributed by atoms with van der Waals surface area (Å²) >= 11 is 0. The van der Waals surface area contributed by atoms with Gasteiger partial charge >= 0.3 is 6.03 Å². The first-order valence-electron chi connectivity index (χ1n) is 11.8. The first-order chi connectivity index (χ1) is 17.8. The molecule has 5 rings (SSSR count). The number of para-hydroxylation sites is 1. The number of carbonyl (C=O) groups excluding carboxylic acids is 3. The van der Waals surface area contributed by atoms with Crippen molar-refractivity contribution in [3.63, 3.8) is 0 Å². The monoisotopic (exact) mass is 497 g/mol. The maximum Gasteiger partial charge on any atom is 0.325 e. The van der Waals surface area contributed by atoms with Crippen LogP contribution in [0.4, 0.5) is 4.79 Å². The van der Waals surface area contributed by atoms with Crippen LogP contribution in [0.1, 0.15) is 22.8 Å². The minimum absolute atomic E-state index is 0.323. The average molecular weight is 498 g/mol. The van der Waals surface area contributed by atoms with Gasteiger partial charge in [0.1, 0.15) is 5.54 Å². The number of fused-ring (bicyclic) bond motifs is 1. The number of nitrogens with one attached hydrogen (secondary N) is 1. The topological polar surface area (TPSA) is 89.9 Å². The Bertz CT molecular complexity index is 1540. The number of nitrogens with zero attached hydrogens (tertiary/aromatic N) is 2. The maximum absolute atomic E-state index is 13.8. The smallest absolute Gasteiger partial charge is 0.325 e. The van der Waals surface area contributed by atoms with E-state index in [9.17, 15) is 14.4 Å². The number of aromatic nitrogens is 1. The number of Topliss-reactive ketones (excluding diaryl/α,β-unsaturated/α-hetero) is 1. The van der Waals surface area contributed by atoms with Crippen LogP contribution in [-0.2, 0) is 17.4 Å². The highest BCUT2D eigenvalue weighted by Gasteiger charge is 2.50. The molecule has 1 saturated heterocycles. The van der Waals surface area contributed by atoms with Gasteiger partial charge in [-0.3, -0.25) is 14.5 Å². The fraction of sp³-hybridized carbons (Fsp3) is 0.207. The summed E-state index contributed by atoms with van der Waals surface area (Å²) in [5.74, 6) is 0.0967. The molecule has 1 aliphatic rings.